The van der Waals surface area contributed by atoms with E-state index in [1.54, 1.807) is 0 Å². The van der Waals surface area contributed by atoms with Gasteiger partial charge in [0.15, 0.2) is 12.2 Å². The van der Waals surface area contributed by atoms with Crippen molar-refractivity contribution in [3.05, 3.63) is 0 Å². The average molecular weight is 605 g/mol. The zero-order valence-electron chi connectivity index (χ0n) is 21.2. The lowest BCUT2D eigenvalue weighted by Crippen LogP contribution is -2.49. The lowest BCUT2D eigenvalue weighted by Gasteiger charge is -2.32. The van der Waals surface area contributed by atoms with Gasteiger partial charge in [0.2, 0.25) is 0 Å². The normalized spacial score (nSPS) is 30.7. The lowest BCUT2D eigenvalue weighted by molar-refractivity contribution is -0.175. The van der Waals surface area contributed by atoms with E-state index < -0.39 is 113 Å². The van der Waals surface area contributed by atoms with Crippen LogP contribution in [0.4, 0.5) is 17.6 Å². The van der Waals surface area contributed by atoms with Gasteiger partial charge in [0.25, 0.3) is 0 Å². The minimum Gasteiger partial charge on any atom is -0.465 e. The Bertz CT molecular complexity index is 1150. The molecule has 226 valence electrons. The van der Waals surface area contributed by atoms with Gasteiger partial charge in [-0.1, -0.05) is 6.92 Å². The first-order valence-electron chi connectivity index (χ1n) is 12.7. The molecule has 1 aliphatic carbocycles. The zero-order chi connectivity index (χ0) is 29.7. The Balaban J connectivity index is 1.29. The van der Waals surface area contributed by atoms with Crippen LogP contribution in [-0.4, -0.2) is 84.6 Å². The lowest BCUT2D eigenvalue weighted by atomic mass is 9.78. The summed E-state index contributed by atoms with van der Waals surface area (Å²) in [6.07, 6.45) is -3.56. The summed E-state index contributed by atoms with van der Waals surface area (Å²) < 4.78 is 109. The monoisotopic (exact) mass is 604 g/mol. The largest absolute Gasteiger partial charge is 0.465 e. The molecule has 0 amide bonds. The number of ether oxygens (including phenoxy) is 5. The van der Waals surface area contributed by atoms with Crippen LogP contribution in [0.2, 0.25) is 0 Å². The van der Waals surface area contributed by atoms with Crippen molar-refractivity contribution in [1.82, 2.24) is 0 Å². The molecule has 4 fully saturated rings. The quantitative estimate of drug-likeness (QED) is 0.149. The maximum Gasteiger partial charge on any atom is 0.431 e. The Kier molecular flexibility index (Phi) is 8.14. The highest BCUT2D eigenvalue weighted by Gasteiger charge is 2.72. The molecule has 2 bridgehead atoms. The number of carbonyl (C=O) groups excluding carboxylic acids is 4. The van der Waals surface area contributed by atoms with Crippen LogP contribution in [0.1, 0.15) is 58.3 Å². The van der Waals surface area contributed by atoms with Gasteiger partial charge in [-0.15, -0.1) is 0 Å². The Morgan fingerprint density at radius 2 is 1.68 bits per heavy atom. The number of alkyl halides is 4. The smallest absolute Gasteiger partial charge is 0.431 e. The first-order chi connectivity index (χ1) is 18.5. The Hall–Kier alpha value is -2.53. The first kappa shape index (κ1) is 30.4. The minimum atomic E-state index is -6.43. The van der Waals surface area contributed by atoms with Crippen molar-refractivity contribution in [1.29, 1.82) is 0 Å². The fourth-order valence-electron chi connectivity index (χ4n) is 5.68. The minimum absolute atomic E-state index is 0.591. The standard InChI is InChI=1S/C23H28F4O12S/c1-2-21(7-3-4-8-21)39-20(31)14-13-15-18(38-19(13)30)17(16(14)37-15)36-12(29)6-5-11(28)35-10-9-22(24,25)23(26,27)40(32,33)34/h13-18H,2-10H2,1H3,(H,32,33,34). The Morgan fingerprint density at radius 1 is 1.05 bits per heavy atom. The van der Waals surface area contributed by atoms with Gasteiger partial charge in [0.05, 0.1) is 25.9 Å². The molecule has 12 nitrogen and oxygen atoms in total. The molecular formula is C23H28F4O12S. The molecular weight excluding hydrogens is 576 g/mol. The van der Waals surface area contributed by atoms with Gasteiger partial charge in [-0.25, -0.2) is 0 Å². The summed E-state index contributed by atoms with van der Waals surface area (Å²) >= 11 is 0. The molecule has 6 atom stereocenters. The van der Waals surface area contributed by atoms with E-state index >= 15 is 0 Å². The topological polar surface area (TPSA) is 169 Å². The molecule has 1 saturated carbocycles. The molecule has 40 heavy (non-hydrogen) atoms. The van der Waals surface area contributed by atoms with Crippen molar-refractivity contribution in [3.63, 3.8) is 0 Å². The third-order valence-electron chi connectivity index (χ3n) is 7.88. The molecule has 6 unspecified atom stereocenters. The average Bonchev–Trinajstić information content (AvgIpc) is 3.60. The second-order valence-corrected chi connectivity index (χ2v) is 11.8. The van der Waals surface area contributed by atoms with Crippen LogP contribution >= 0.6 is 0 Å². The predicted molar refractivity (Wildman–Crippen MR) is 119 cm³/mol. The second-order valence-electron chi connectivity index (χ2n) is 10.3. The van der Waals surface area contributed by atoms with E-state index in [1.807, 2.05) is 6.92 Å². The molecule has 17 heteroatoms. The van der Waals surface area contributed by atoms with Crippen LogP contribution in [0.15, 0.2) is 0 Å². The number of hydrogen-bond donors (Lipinski definition) is 1. The number of carbonyl (C=O) groups is 4. The summed E-state index contributed by atoms with van der Waals surface area (Å²) in [5, 5.41) is -5.81. The maximum atomic E-state index is 13.5. The summed E-state index contributed by atoms with van der Waals surface area (Å²) in [5.41, 5.74) is -0.639. The van der Waals surface area contributed by atoms with Gasteiger partial charge in [0.1, 0.15) is 29.6 Å². The summed E-state index contributed by atoms with van der Waals surface area (Å²) in [5.74, 6) is -10.8. The number of hydrogen-bond acceptors (Lipinski definition) is 11. The van der Waals surface area contributed by atoms with Gasteiger partial charge in [-0.3, -0.25) is 23.7 Å². The van der Waals surface area contributed by atoms with E-state index in [1.165, 1.54) is 0 Å². The van der Waals surface area contributed by atoms with Crippen molar-refractivity contribution in [2.24, 2.45) is 11.8 Å². The summed E-state index contributed by atoms with van der Waals surface area (Å²) in [4.78, 5) is 49.8. The van der Waals surface area contributed by atoms with E-state index in [4.69, 9.17) is 23.5 Å². The van der Waals surface area contributed by atoms with Gasteiger partial charge in [-0.2, -0.15) is 26.0 Å². The first-order valence-corrected chi connectivity index (χ1v) is 14.1. The third kappa shape index (κ3) is 5.38. The number of halogens is 4. The highest BCUT2D eigenvalue weighted by atomic mass is 32.2. The fourth-order valence-corrected chi connectivity index (χ4v) is 6.16. The maximum absolute atomic E-state index is 13.5. The molecule has 3 saturated heterocycles. The number of esters is 4. The molecule has 4 aliphatic rings. The van der Waals surface area contributed by atoms with Crippen molar-refractivity contribution in [2.75, 3.05) is 6.61 Å². The van der Waals surface area contributed by atoms with E-state index in [0.717, 1.165) is 12.8 Å². The molecule has 0 aromatic rings. The van der Waals surface area contributed by atoms with Crippen LogP contribution in [0.25, 0.3) is 0 Å². The molecule has 0 aromatic carbocycles. The Morgan fingerprint density at radius 3 is 2.27 bits per heavy atom. The zero-order valence-corrected chi connectivity index (χ0v) is 22.0. The summed E-state index contributed by atoms with van der Waals surface area (Å²) in [6.45, 7) is 0.556. The van der Waals surface area contributed by atoms with E-state index in [9.17, 15) is 45.2 Å². The van der Waals surface area contributed by atoms with Crippen LogP contribution in [0, 0.1) is 11.8 Å². The van der Waals surface area contributed by atoms with Crippen molar-refractivity contribution < 1.29 is 73.4 Å². The van der Waals surface area contributed by atoms with E-state index in [-0.39, 0.29) is 0 Å². The Labute approximate surface area is 225 Å². The van der Waals surface area contributed by atoms with Gasteiger partial charge in [-0.05, 0) is 32.1 Å². The molecule has 0 spiro atoms. The predicted octanol–water partition coefficient (Wildman–Crippen LogP) is 1.93. The number of fused-ring (bicyclic) bond motifs is 1. The molecule has 4 rings (SSSR count). The highest BCUT2D eigenvalue weighted by molar-refractivity contribution is 7.87. The summed E-state index contributed by atoms with van der Waals surface area (Å²) in [7, 11) is -6.43. The molecule has 1 N–H and O–H groups in total. The van der Waals surface area contributed by atoms with E-state index in [0.29, 0.717) is 19.3 Å². The summed E-state index contributed by atoms with van der Waals surface area (Å²) in [6, 6.07) is 0. The molecule has 3 aliphatic heterocycles. The highest BCUT2D eigenvalue weighted by Crippen LogP contribution is 2.52. The van der Waals surface area contributed by atoms with Crippen LogP contribution in [-0.2, 0) is 53.0 Å². The van der Waals surface area contributed by atoms with Gasteiger partial charge >= 0.3 is 45.2 Å². The van der Waals surface area contributed by atoms with Crippen LogP contribution in [0.5, 0.6) is 0 Å². The molecule has 0 radical (unpaired) electrons. The van der Waals surface area contributed by atoms with Crippen molar-refractivity contribution in [3.8, 4) is 0 Å². The number of rotatable bonds is 12. The fraction of sp³-hybridized carbons (Fsp3) is 0.826. The van der Waals surface area contributed by atoms with E-state index in [2.05, 4.69) is 4.74 Å². The SMILES string of the molecule is CCC1(OC(=O)C2C3OC4C(OC(=O)C42)C3OC(=O)CCC(=O)OCCC(F)(F)C(F)(F)S(=O)(=O)O)CCCC1. The van der Waals surface area contributed by atoms with Gasteiger partial charge < -0.3 is 23.7 Å². The van der Waals surface area contributed by atoms with Crippen molar-refractivity contribution >= 4 is 34.0 Å². The van der Waals surface area contributed by atoms with Crippen molar-refractivity contribution in [2.45, 2.75) is 99.5 Å². The second kappa shape index (κ2) is 10.7. The van der Waals surface area contributed by atoms with Crippen LogP contribution in [0.3, 0.4) is 0 Å². The van der Waals surface area contributed by atoms with Crippen LogP contribution < -0.4 is 0 Å². The molecule has 3 heterocycles. The van der Waals surface area contributed by atoms with Gasteiger partial charge in [0, 0.05) is 0 Å². The third-order valence-corrected chi connectivity index (χ3v) is 8.83. The molecule has 0 aromatic heterocycles.